The van der Waals surface area contributed by atoms with Gasteiger partial charge < -0.3 is 4.74 Å². The van der Waals surface area contributed by atoms with E-state index < -0.39 is 0 Å². The van der Waals surface area contributed by atoms with Crippen molar-refractivity contribution in [3.8, 4) is 0 Å². The molecule has 0 fully saturated rings. The zero-order valence-corrected chi connectivity index (χ0v) is 18.6. The standard InChI is InChI=1S/C23H47NO3/c1-4-7-8-9-10-11-12-13-14-15-16-17-18-19-20-21-22-27-24(5-2)23(25)26-6-3/h4-22H2,1-3H3. The number of hydrogen-bond acceptors (Lipinski definition) is 3. The Morgan fingerprint density at radius 2 is 1.04 bits per heavy atom. The second-order valence-corrected chi connectivity index (χ2v) is 7.53. The van der Waals surface area contributed by atoms with E-state index in [4.69, 9.17) is 9.57 Å². The maximum atomic E-state index is 11.6. The first kappa shape index (κ1) is 26.2. The third-order valence-corrected chi connectivity index (χ3v) is 5.00. The lowest BCUT2D eigenvalue weighted by Gasteiger charge is -2.19. The summed E-state index contributed by atoms with van der Waals surface area (Å²) in [4.78, 5) is 17.0. The van der Waals surface area contributed by atoms with Crippen LogP contribution in [-0.4, -0.2) is 30.9 Å². The predicted molar refractivity (Wildman–Crippen MR) is 115 cm³/mol. The average Bonchev–Trinajstić information content (AvgIpc) is 2.67. The smallest absolute Gasteiger partial charge is 0.433 e. The van der Waals surface area contributed by atoms with Crippen molar-refractivity contribution in [1.82, 2.24) is 5.06 Å². The molecule has 4 nitrogen and oxygen atoms in total. The molecule has 0 saturated carbocycles. The zero-order valence-electron chi connectivity index (χ0n) is 18.6. The van der Waals surface area contributed by atoms with Gasteiger partial charge in [0.2, 0.25) is 0 Å². The molecular formula is C23H47NO3. The quantitative estimate of drug-likeness (QED) is 0.159. The largest absolute Gasteiger partial charge is 0.448 e. The maximum absolute atomic E-state index is 11.6. The summed E-state index contributed by atoms with van der Waals surface area (Å²) >= 11 is 0. The number of amides is 1. The molecule has 0 aliphatic rings. The van der Waals surface area contributed by atoms with E-state index >= 15 is 0 Å². The van der Waals surface area contributed by atoms with Gasteiger partial charge in [-0.1, -0.05) is 103 Å². The molecule has 4 heteroatoms. The molecule has 0 aliphatic carbocycles. The highest BCUT2D eigenvalue weighted by Crippen LogP contribution is 2.13. The Morgan fingerprint density at radius 1 is 0.630 bits per heavy atom. The van der Waals surface area contributed by atoms with Crippen molar-refractivity contribution < 1.29 is 14.4 Å². The van der Waals surface area contributed by atoms with E-state index in [0.717, 1.165) is 6.42 Å². The van der Waals surface area contributed by atoms with Crippen molar-refractivity contribution in [3.63, 3.8) is 0 Å². The number of carbonyl (C=O) groups excluding carboxylic acids is 1. The molecule has 0 spiro atoms. The molecule has 162 valence electrons. The van der Waals surface area contributed by atoms with E-state index in [1.54, 1.807) is 6.92 Å². The van der Waals surface area contributed by atoms with E-state index in [9.17, 15) is 4.79 Å². The number of nitrogens with zero attached hydrogens (tertiary/aromatic N) is 1. The Balaban J connectivity index is 3.21. The molecule has 0 saturated heterocycles. The summed E-state index contributed by atoms with van der Waals surface area (Å²) in [5.41, 5.74) is 0. The molecule has 0 atom stereocenters. The average molecular weight is 386 g/mol. The van der Waals surface area contributed by atoms with E-state index in [2.05, 4.69) is 6.92 Å². The maximum Gasteiger partial charge on any atom is 0.433 e. The van der Waals surface area contributed by atoms with Gasteiger partial charge in [0.05, 0.1) is 13.2 Å². The normalized spacial score (nSPS) is 10.9. The second kappa shape index (κ2) is 21.5. The Morgan fingerprint density at radius 3 is 1.41 bits per heavy atom. The van der Waals surface area contributed by atoms with E-state index in [1.165, 1.54) is 101 Å². The number of rotatable bonds is 20. The van der Waals surface area contributed by atoms with E-state index in [0.29, 0.717) is 19.8 Å². The monoisotopic (exact) mass is 385 g/mol. The molecule has 27 heavy (non-hydrogen) atoms. The first-order valence-corrected chi connectivity index (χ1v) is 11.8. The third-order valence-electron chi connectivity index (χ3n) is 5.00. The van der Waals surface area contributed by atoms with Crippen LogP contribution < -0.4 is 0 Å². The van der Waals surface area contributed by atoms with Crippen LogP contribution in [0.2, 0.25) is 0 Å². The fourth-order valence-corrected chi connectivity index (χ4v) is 3.29. The minimum absolute atomic E-state index is 0.378. The van der Waals surface area contributed by atoms with Crippen LogP contribution >= 0.6 is 0 Å². The molecule has 0 heterocycles. The topological polar surface area (TPSA) is 38.8 Å². The number of unbranched alkanes of at least 4 members (excludes halogenated alkanes) is 15. The van der Waals surface area contributed by atoms with Crippen LogP contribution in [0.15, 0.2) is 0 Å². The van der Waals surface area contributed by atoms with Crippen molar-refractivity contribution in [1.29, 1.82) is 0 Å². The van der Waals surface area contributed by atoms with Crippen LogP contribution in [-0.2, 0) is 9.57 Å². The van der Waals surface area contributed by atoms with Crippen LogP contribution in [0.3, 0.4) is 0 Å². The summed E-state index contributed by atoms with van der Waals surface area (Å²) in [7, 11) is 0. The van der Waals surface area contributed by atoms with Crippen LogP contribution in [0.4, 0.5) is 4.79 Å². The van der Waals surface area contributed by atoms with Gasteiger partial charge >= 0.3 is 6.09 Å². The molecule has 0 aromatic rings. The Kier molecular flexibility index (Phi) is 20.9. The van der Waals surface area contributed by atoms with Crippen LogP contribution in [0, 0.1) is 0 Å². The highest BCUT2D eigenvalue weighted by molar-refractivity contribution is 5.66. The van der Waals surface area contributed by atoms with E-state index in [-0.39, 0.29) is 6.09 Å². The van der Waals surface area contributed by atoms with Gasteiger partial charge in [-0.3, -0.25) is 4.84 Å². The lowest BCUT2D eigenvalue weighted by Crippen LogP contribution is -2.32. The van der Waals surface area contributed by atoms with Gasteiger partial charge in [-0.25, -0.2) is 4.79 Å². The van der Waals surface area contributed by atoms with Crippen LogP contribution in [0.5, 0.6) is 0 Å². The molecule has 0 N–H and O–H groups in total. The van der Waals surface area contributed by atoms with Gasteiger partial charge in [0.15, 0.2) is 0 Å². The molecule has 0 rings (SSSR count). The van der Waals surface area contributed by atoms with Gasteiger partial charge in [-0.15, -0.1) is 0 Å². The van der Waals surface area contributed by atoms with Crippen molar-refractivity contribution >= 4 is 6.09 Å². The summed E-state index contributed by atoms with van der Waals surface area (Å²) in [6.45, 7) is 7.50. The summed E-state index contributed by atoms with van der Waals surface area (Å²) in [5, 5.41) is 1.31. The summed E-state index contributed by atoms with van der Waals surface area (Å²) in [5.74, 6) is 0. The SMILES string of the molecule is CCCCCCCCCCCCCCCCCCON(CC)C(=O)OCC. The van der Waals surface area contributed by atoms with Gasteiger partial charge in [-0.2, -0.15) is 5.06 Å². The first-order valence-electron chi connectivity index (χ1n) is 11.8. The highest BCUT2D eigenvalue weighted by atomic mass is 16.7. The minimum Gasteiger partial charge on any atom is -0.448 e. The summed E-state index contributed by atoms with van der Waals surface area (Å²) in [6.07, 6.45) is 21.4. The van der Waals surface area contributed by atoms with Crippen molar-refractivity contribution in [2.24, 2.45) is 0 Å². The minimum atomic E-state index is -0.378. The third kappa shape index (κ3) is 18.4. The van der Waals surface area contributed by atoms with Gasteiger partial charge in [-0.05, 0) is 20.3 Å². The van der Waals surface area contributed by atoms with Crippen molar-refractivity contribution in [2.45, 2.75) is 124 Å². The molecule has 0 unspecified atom stereocenters. The molecule has 0 aromatic carbocycles. The number of hydrogen-bond donors (Lipinski definition) is 0. The lowest BCUT2D eigenvalue weighted by atomic mass is 10.0. The Hall–Kier alpha value is -0.770. The number of ether oxygens (including phenoxy) is 1. The molecule has 0 aliphatic heterocycles. The van der Waals surface area contributed by atoms with Crippen LogP contribution in [0.1, 0.15) is 124 Å². The molecule has 0 aromatic heterocycles. The fourth-order valence-electron chi connectivity index (χ4n) is 3.29. The predicted octanol–water partition coefficient (Wildman–Crippen LogP) is 7.66. The fraction of sp³-hybridized carbons (Fsp3) is 0.957. The molecule has 0 bridgehead atoms. The molecule has 0 radical (unpaired) electrons. The molecular weight excluding hydrogens is 338 g/mol. The summed E-state index contributed by atoms with van der Waals surface area (Å²) < 4.78 is 4.94. The Bertz CT molecular complexity index is 310. The highest BCUT2D eigenvalue weighted by Gasteiger charge is 2.12. The van der Waals surface area contributed by atoms with Gasteiger partial charge in [0.25, 0.3) is 0 Å². The number of carbonyl (C=O) groups is 1. The van der Waals surface area contributed by atoms with Gasteiger partial charge in [0, 0.05) is 6.54 Å². The Labute approximate surface area is 169 Å². The van der Waals surface area contributed by atoms with Crippen molar-refractivity contribution in [3.05, 3.63) is 0 Å². The molecule has 1 amide bonds. The van der Waals surface area contributed by atoms with Crippen molar-refractivity contribution in [2.75, 3.05) is 19.8 Å². The van der Waals surface area contributed by atoms with Crippen LogP contribution in [0.25, 0.3) is 0 Å². The first-order chi connectivity index (χ1) is 13.3. The summed E-state index contributed by atoms with van der Waals surface area (Å²) in [6, 6.07) is 0. The zero-order chi connectivity index (χ0) is 20.0. The second-order valence-electron chi connectivity index (χ2n) is 7.53. The number of hydroxylamine groups is 2. The van der Waals surface area contributed by atoms with Gasteiger partial charge in [0.1, 0.15) is 0 Å². The van der Waals surface area contributed by atoms with E-state index in [1.807, 2.05) is 6.92 Å². The lowest BCUT2D eigenvalue weighted by molar-refractivity contribution is -0.134.